The normalized spacial score (nSPS) is 23.5. The average molecular weight is 180 g/mol. The maximum Gasteiger partial charge on any atom is 0.155 e. The summed E-state index contributed by atoms with van der Waals surface area (Å²) < 4.78 is 5.18. The van der Waals surface area contributed by atoms with Gasteiger partial charge in [0.05, 0.1) is 12.7 Å². The Morgan fingerprint density at radius 3 is 2.77 bits per heavy atom. The zero-order valence-electron chi connectivity index (χ0n) is 8.66. The summed E-state index contributed by atoms with van der Waals surface area (Å²) >= 11 is 0. The van der Waals surface area contributed by atoms with Crippen molar-refractivity contribution in [3.63, 3.8) is 0 Å². The lowest BCUT2D eigenvalue weighted by molar-refractivity contribution is 0.0919. The summed E-state index contributed by atoms with van der Waals surface area (Å²) in [5, 5.41) is 3.81. The van der Waals surface area contributed by atoms with Crippen LogP contribution in [0.1, 0.15) is 45.1 Å². The summed E-state index contributed by atoms with van der Waals surface area (Å²) in [5.41, 5.74) is 1.44. The SMILES string of the molecule is CC1c2cnoc2CN1C(C)(C)C. The van der Waals surface area contributed by atoms with Crippen LogP contribution in [-0.2, 0) is 6.54 Å². The molecule has 1 aliphatic heterocycles. The Morgan fingerprint density at radius 1 is 1.54 bits per heavy atom. The molecular formula is C10H16N2O. The maximum atomic E-state index is 5.18. The number of hydrogen-bond donors (Lipinski definition) is 0. The second-order valence-corrected chi connectivity index (χ2v) is 4.68. The highest BCUT2D eigenvalue weighted by Crippen LogP contribution is 2.37. The van der Waals surface area contributed by atoms with Gasteiger partial charge in [-0.05, 0) is 27.7 Å². The highest BCUT2D eigenvalue weighted by molar-refractivity contribution is 5.23. The van der Waals surface area contributed by atoms with Crippen LogP contribution in [0.2, 0.25) is 0 Å². The molecule has 0 saturated carbocycles. The standard InChI is InChI=1S/C10H16N2O/c1-7-8-5-11-13-9(8)6-12(7)10(2,3)4/h5,7H,6H2,1-4H3. The van der Waals surface area contributed by atoms with Crippen LogP contribution in [-0.4, -0.2) is 15.6 Å². The smallest absolute Gasteiger partial charge is 0.155 e. The highest BCUT2D eigenvalue weighted by Gasteiger charge is 2.36. The number of rotatable bonds is 0. The minimum absolute atomic E-state index is 0.195. The fourth-order valence-corrected chi connectivity index (χ4v) is 2.01. The highest BCUT2D eigenvalue weighted by atomic mass is 16.5. The van der Waals surface area contributed by atoms with E-state index in [4.69, 9.17) is 4.52 Å². The lowest BCUT2D eigenvalue weighted by atomic mass is 10.0. The number of nitrogens with zero attached hydrogens (tertiary/aromatic N) is 2. The molecule has 0 spiro atoms. The average Bonchev–Trinajstić information content (AvgIpc) is 2.51. The third kappa shape index (κ3) is 1.27. The van der Waals surface area contributed by atoms with E-state index < -0.39 is 0 Å². The first kappa shape index (κ1) is 8.75. The van der Waals surface area contributed by atoms with E-state index in [9.17, 15) is 0 Å². The summed E-state index contributed by atoms with van der Waals surface area (Å²) in [6, 6.07) is 0.432. The lowest BCUT2D eigenvalue weighted by Crippen LogP contribution is -2.39. The molecule has 1 aromatic heterocycles. The topological polar surface area (TPSA) is 29.3 Å². The van der Waals surface area contributed by atoms with Gasteiger partial charge in [0.25, 0.3) is 0 Å². The van der Waals surface area contributed by atoms with Crippen LogP contribution in [0.4, 0.5) is 0 Å². The predicted molar refractivity (Wildman–Crippen MR) is 50.2 cm³/mol. The molecule has 0 fully saturated rings. The third-order valence-electron chi connectivity index (χ3n) is 2.77. The van der Waals surface area contributed by atoms with Crippen LogP contribution < -0.4 is 0 Å². The Balaban J connectivity index is 2.29. The number of aromatic nitrogens is 1. The molecule has 1 aliphatic rings. The van der Waals surface area contributed by atoms with Gasteiger partial charge in [-0.15, -0.1) is 0 Å². The summed E-state index contributed by atoms with van der Waals surface area (Å²) in [4.78, 5) is 2.42. The molecular weight excluding hydrogens is 164 g/mol. The van der Waals surface area contributed by atoms with E-state index in [0.29, 0.717) is 6.04 Å². The molecule has 1 unspecified atom stereocenters. The minimum Gasteiger partial charge on any atom is -0.360 e. The quantitative estimate of drug-likeness (QED) is 0.613. The summed E-state index contributed by atoms with van der Waals surface area (Å²) in [6.07, 6.45) is 1.84. The fourth-order valence-electron chi connectivity index (χ4n) is 2.01. The second-order valence-electron chi connectivity index (χ2n) is 4.68. The third-order valence-corrected chi connectivity index (χ3v) is 2.77. The molecule has 3 nitrogen and oxygen atoms in total. The summed E-state index contributed by atoms with van der Waals surface area (Å²) in [5.74, 6) is 1.03. The maximum absolute atomic E-state index is 5.18. The zero-order chi connectivity index (χ0) is 9.64. The lowest BCUT2D eigenvalue weighted by Gasteiger charge is -2.35. The van der Waals surface area contributed by atoms with Crippen molar-refractivity contribution in [2.45, 2.75) is 45.8 Å². The number of fused-ring (bicyclic) bond motifs is 1. The molecule has 13 heavy (non-hydrogen) atoms. The van der Waals surface area contributed by atoms with Gasteiger partial charge in [0.1, 0.15) is 0 Å². The van der Waals surface area contributed by atoms with Crippen LogP contribution in [0.3, 0.4) is 0 Å². The molecule has 0 radical (unpaired) electrons. The van der Waals surface area contributed by atoms with Gasteiger partial charge < -0.3 is 4.52 Å². The molecule has 2 heterocycles. The van der Waals surface area contributed by atoms with Crippen LogP contribution in [0.15, 0.2) is 10.7 Å². The van der Waals surface area contributed by atoms with Crippen molar-refractivity contribution in [2.75, 3.05) is 0 Å². The van der Waals surface area contributed by atoms with Gasteiger partial charge >= 0.3 is 0 Å². The molecule has 72 valence electrons. The minimum atomic E-state index is 0.195. The molecule has 0 amide bonds. The fraction of sp³-hybridized carbons (Fsp3) is 0.700. The Bertz CT molecular complexity index is 311. The largest absolute Gasteiger partial charge is 0.360 e. The molecule has 2 rings (SSSR count). The van der Waals surface area contributed by atoms with Crippen LogP contribution in [0, 0.1) is 0 Å². The van der Waals surface area contributed by atoms with Gasteiger partial charge in [0.15, 0.2) is 5.76 Å². The van der Waals surface area contributed by atoms with Gasteiger partial charge in [0.2, 0.25) is 0 Å². The van der Waals surface area contributed by atoms with E-state index in [1.165, 1.54) is 5.56 Å². The van der Waals surface area contributed by atoms with Gasteiger partial charge in [-0.25, -0.2) is 0 Å². The summed E-state index contributed by atoms with van der Waals surface area (Å²) in [6.45, 7) is 9.77. The van der Waals surface area contributed by atoms with Crippen molar-refractivity contribution in [2.24, 2.45) is 0 Å². The van der Waals surface area contributed by atoms with Crippen LogP contribution in [0.5, 0.6) is 0 Å². The van der Waals surface area contributed by atoms with Gasteiger partial charge in [0, 0.05) is 17.1 Å². The molecule has 0 bridgehead atoms. The molecule has 1 aromatic rings. The van der Waals surface area contributed by atoms with Crippen molar-refractivity contribution in [3.8, 4) is 0 Å². The Hall–Kier alpha value is -0.830. The molecule has 0 aromatic carbocycles. The predicted octanol–water partition coefficient (Wildman–Crippen LogP) is 2.35. The van der Waals surface area contributed by atoms with E-state index in [1.807, 2.05) is 6.20 Å². The number of hydrogen-bond acceptors (Lipinski definition) is 3. The molecule has 0 aliphatic carbocycles. The first-order chi connectivity index (χ1) is 6.00. The zero-order valence-corrected chi connectivity index (χ0v) is 8.66. The molecule has 0 N–H and O–H groups in total. The van der Waals surface area contributed by atoms with Crippen molar-refractivity contribution in [3.05, 3.63) is 17.5 Å². The molecule has 3 heteroatoms. The van der Waals surface area contributed by atoms with Crippen LogP contribution >= 0.6 is 0 Å². The van der Waals surface area contributed by atoms with Crippen molar-refractivity contribution in [1.29, 1.82) is 0 Å². The van der Waals surface area contributed by atoms with Crippen molar-refractivity contribution < 1.29 is 4.52 Å². The van der Waals surface area contributed by atoms with E-state index in [2.05, 4.69) is 37.8 Å². The summed E-state index contributed by atoms with van der Waals surface area (Å²) in [7, 11) is 0. The second kappa shape index (κ2) is 2.58. The Labute approximate surface area is 78.7 Å². The first-order valence-corrected chi connectivity index (χ1v) is 4.70. The Morgan fingerprint density at radius 2 is 2.23 bits per heavy atom. The monoisotopic (exact) mass is 180 g/mol. The van der Waals surface area contributed by atoms with E-state index in [0.717, 1.165) is 12.3 Å². The van der Waals surface area contributed by atoms with Crippen molar-refractivity contribution >= 4 is 0 Å². The van der Waals surface area contributed by atoms with Gasteiger partial charge in [-0.1, -0.05) is 5.16 Å². The van der Waals surface area contributed by atoms with Crippen molar-refractivity contribution in [1.82, 2.24) is 10.1 Å². The Kier molecular flexibility index (Phi) is 1.74. The van der Waals surface area contributed by atoms with E-state index >= 15 is 0 Å². The first-order valence-electron chi connectivity index (χ1n) is 4.70. The van der Waals surface area contributed by atoms with Crippen LogP contribution in [0.25, 0.3) is 0 Å². The van der Waals surface area contributed by atoms with E-state index in [1.54, 1.807) is 0 Å². The van der Waals surface area contributed by atoms with E-state index in [-0.39, 0.29) is 5.54 Å². The van der Waals surface area contributed by atoms with Gasteiger partial charge in [-0.2, -0.15) is 0 Å². The molecule has 0 saturated heterocycles. The van der Waals surface area contributed by atoms with Gasteiger partial charge in [-0.3, -0.25) is 4.90 Å². The molecule has 1 atom stereocenters.